The molecule has 1 amide bonds. The quantitative estimate of drug-likeness (QED) is 0.869. The molecule has 0 heterocycles. The van der Waals surface area contributed by atoms with Crippen LogP contribution in [0.2, 0.25) is 0 Å². The molecule has 1 aromatic carbocycles. The summed E-state index contributed by atoms with van der Waals surface area (Å²) in [4.78, 5) is 11.9. The molecule has 110 valence electrons. The Morgan fingerprint density at radius 2 is 1.90 bits per heavy atom. The second-order valence-electron chi connectivity index (χ2n) is 5.26. The number of nitrogens with one attached hydrogen (secondary N) is 2. The first kappa shape index (κ1) is 14.9. The molecule has 0 unspecified atom stereocenters. The van der Waals surface area contributed by atoms with E-state index in [9.17, 15) is 4.79 Å². The second kappa shape index (κ2) is 7.90. The van der Waals surface area contributed by atoms with Crippen molar-refractivity contribution in [1.82, 2.24) is 10.6 Å². The molecule has 0 saturated heterocycles. The van der Waals surface area contributed by atoms with E-state index >= 15 is 0 Å². The van der Waals surface area contributed by atoms with Gasteiger partial charge in [-0.15, -0.1) is 0 Å². The summed E-state index contributed by atoms with van der Waals surface area (Å²) >= 11 is 0. The topological polar surface area (TPSA) is 50.4 Å². The molecule has 0 bridgehead atoms. The van der Waals surface area contributed by atoms with E-state index in [0.717, 1.165) is 24.9 Å². The van der Waals surface area contributed by atoms with Gasteiger partial charge < -0.3 is 15.4 Å². The van der Waals surface area contributed by atoms with E-state index in [4.69, 9.17) is 4.74 Å². The second-order valence-corrected chi connectivity index (χ2v) is 5.26. The number of hydrogen-bond donors (Lipinski definition) is 2. The molecule has 1 aliphatic rings. The molecule has 0 radical (unpaired) electrons. The minimum atomic E-state index is -0.316. The van der Waals surface area contributed by atoms with Gasteiger partial charge in [-0.3, -0.25) is 0 Å². The van der Waals surface area contributed by atoms with Gasteiger partial charge in [0.05, 0.1) is 0 Å². The molecular weight excluding hydrogens is 252 g/mol. The normalized spacial score (nSPS) is 22.2. The third-order valence-electron chi connectivity index (χ3n) is 3.75. The van der Waals surface area contributed by atoms with E-state index in [0.29, 0.717) is 12.6 Å². The number of rotatable bonds is 5. The molecule has 1 saturated carbocycles. The zero-order chi connectivity index (χ0) is 14.2. The predicted molar refractivity (Wildman–Crippen MR) is 79.5 cm³/mol. The van der Waals surface area contributed by atoms with Crippen LogP contribution in [0.25, 0.3) is 0 Å². The van der Waals surface area contributed by atoms with Crippen molar-refractivity contribution in [3.05, 3.63) is 35.9 Å². The third-order valence-corrected chi connectivity index (χ3v) is 3.75. The number of likely N-dealkylation sites (N-methyl/N-ethyl adjacent to an activating group) is 1. The van der Waals surface area contributed by atoms with Gasteiger partial charge in [0.1, 0.15) is 6.61 Å². The van der Waals surface area contributed by atoms with Gasteiger partial charge in [-0.2, -0.15) is 0 Å². The maximum absolute atomic E-state index is 11.9. The van der Waals surface area contributed by atoms with Gasteiger partial charge in [-0.25, -0.2) is 4.79 Å². The van der Waals surface area contributed by atoms with Crippen molar-refractivity contribution >= 4 is 6.09 Å². The first-order valence-corrected chi connectivity index (χ1v) is 7.50. The summed E-state index contributed by atoms with van der Waals surface area (Å²) in [6, 6.07) is 10.3. The van der Waals surface area contributed by atoms with Crippen molar-refractivity contribution in [3.63, 3.8) is 0 Å². The Morgan fingerprint density at radius 1 is 1.20 bits per heavy atom. The number of benzene rings is 1. The summed E-state index contributed by atoms with van der Waals surface area (Å²) in [5, 5.41) is 6.44. The van der Waals surface area contributed by atoms with Crippen LogP contribution in [-0.4, -0.2) is 24.7 Å². The summed E-state index contributed by atoms with van der Waals surface area (Å²) in [6.07, 6.45) is 4.24. The number of hydrogen-bond acceptors (Lipinski definition) is 3. The van der Waals surface area contributed by atoms with Crippen molar-refractivity contribution in [2.45, 2.75) is 51.3 Å². The molecule has 0 aliphatic heterocycles. The third kappa shape index (κ3) is 4.53. The zero-order valence-electron chi connectivity index (χ0n) is 12.1. The minimum Gasteiger partial charge on any atom is -0.445 e. The summed E-state index contributed by atoms with van der Waals surface area (Å²) in [6.45, 7) is 3.35. The molecule has 0 aromatic heterocycles. The van der Waals surface area contributed by atoms with E-state index in [1.54, 1.807) is 0 Å². The Morgan fingerprint density at radius 3 is 2.60 bits per heavy atom. The highest BCUT2D eigenvalue weighted by molar-refractivity contribution is 5.67. The van der Waals surface area contributed by atoms with Crippen LogP contribution in [0.4, 0.5) is 4.79 Å². The van der Waals surface area contributed by atoms with E-state index in [2.05, 4.69) is 17.6 Å². The fourth-order valence-corrected chi connectivity index (χ4v) is 2.73. The van der Waals surface area contributed by atoms with Crippen molar-refractivity contribution in [2.24, 2.45) is 0 Å². The number of carbonyl (C=O) groups is 1. The van der Waals surface area contributed by atoms with E-state index in [1.807, 2.05) is 30.3 Å². The van der Waals surface area contributed by atoms with Gasteiger partial charge in [-0.05, 0) is 24.9 Å². The molecule has 4 nitrogen and oxygen atoms in total. The first-order chi connectivity index (χ1) is 9.79. The van der Waals surface area contributed by atoms with Crippen molar-refractivity contribution in [3.8, 4) is 0 Å². The molecule has 1 fully saturated rings. The fraction of sp³-hybridized carbons (Fsp3) is 0.562. The molecule has 4 heteroatoms. The van der Waals surface area contributed by atoms with E-state index in [-0.39, 0.29) is 12.1 Å². The minimum absolute atomic E-state index is 0.187. The highest BCUT2D eigenvalue weighted by atomic mass is 16.5. The summed E-state index contributed by atoms with van der Waals surface area (Å²) in [7, 11) is 0. The maximum atomic E-state index is 11.9. The standard InChI is InChI=1S/C16H24N2O2/c1-2-17-14-10-6-7-11-15(14)18-16(19)20-12-13-8-4-3-5-9-13/h3-5,8-9,14-15,17H,2,6-7,10-12H2,1H3,(H,18,19)/t14-,15-/m1/s1. The summed E-state index contributed by atoms with van der Waals surface area (Å²) in [5.74, 6) is 0. The monoisotopic (exact) mass is 276 g/mol. The lowest BCUT2D eigenvalue weighted by molar-refractivity contribution is 0.129. The molecule has 2 N–H and O–H groups in total. The van der Waals surface area contributed by atoms with Gasteiger partial charge in [0.25, 0.3) is 0 Å². The SMILES string of the molecule is CCN[C@@H]1CCCC[C@H]1NC(=O)OCc1ccccc1. The molecule has 1 aliphatic carbocycles. The lowest BCUT2D eigenvalue weighted by atomic mass is 9.90. The maximum Gasteiger partial charge on any atom is 0.407 e. The fourth-order valence-electron chi connectivity index (χ4n) is 2.73. The highest BCUT2D eigenvalue weighted by Crippen LogP contribution is 2.18. The molecule has 1 aromatic rings. The lowest BCUT2D eigenvalue weighted by Crippen LogP contribution is -2.51. The molecule has 20 heavy (non-hydrogen) atoms. The average Bonchev–Trinajstić information content (AvgIpc) is 2.49. The van der Waals surface area contributed by atoms with Crippen LogP contribution in [0, 0.1) is 0 Å². The molecular formula is C16H24N2O2. The Kier molecular flexibility index (Phi) is 5.87. The van der Waals surface area contributed by atoms with Crippen LogP contribution in [0.3, 0.4) is 0 Å². The Balaban J connectivity index is 1.78. The molecule has 0 spiro atoms. The number of alkyl carbamates (subject to hydrolysis) is 1. The lowest BCUT2D eigenvalue weighted by Gasteiger charge is -2.32. The van der Waals surface area contributed by atoms with Crippen LogP contribution in [0.5, 0.6) is 0 Å². The van der Waals surface area contributed by atoms with Crippen LogP contribution >= 0.6 is 0 Å². The Hall–Kier alpha value is -1.55. The number of carbonyl (C=O) groups excluding carboxylic acids is 1. The number of ether oxygens (including phenoxy) is 1. The average molecular weight is 276 g/mol. The van der Waals surface area contributed by atoms with E-state index < -0.39 is 0 Å². The molecule has 2 atom stereocenters. The van der Waals surface area contributed by atoms with Gasteiger partial charge >= 0.3 is 6.09 Å². The summed E-state index contributed by atoms with van der Waals surface area (Å²) < 4.78 is 5.28. The van der Waals surface area contributed by atoms with Crippen molar-refractivity contribution < 1.29 is 9.53 Å². The van der Waals surface area contributed by atoms with E-state index in [1.165, 1.54) is 12.8 Å². The first-order valence-electron chi connectivity index (χ1n) is 7.50. The van der Waals surface area contributed by atoms with Crippen LogP contribution in [0.1, 0.15) is 38.2 Å². The number of amides is 1. The van der Waals surface area contributed by atoms with Crippen LogP contribution < -0.4 is 10.6 Å². The Bertz CT molecular complexity index is 406. The molecule has 2 rings (SSSR count). The predicted octanol–water partition coefficient (Wildman–Crippen LogP) is 2.83. The van der Waals surface area contributed by atoms with Crippen LogP contribution in [0.15, 0.2) is 30.3 Å². The van der Waals surface area contributed by atoms with Gasteiger partial charge in [0.15, 0.2) is 0 Å². The van der Waals surface area contributed by atoms with Gasteiger partial charge in [-0.1, -0.05) is 50.1 Å². The van der Waals surface area contributed by atoms with Gasteiger partial charge in [0, 0.05) is 12.1 Å². The van der Waals surface area contributed by atoms with Gasteiger partial charge in [0.2, 0.25) is 0 Å². The smallest absolute Gasteiger partial charge is 0.407 e. The van der Waals surface area contributed by atoms with Crippen molar-refractivity contribution in [2.75, 3.05) is 6.54 Å². The zero-order valence-corrected chi connectivity index (χ0v) is 12.1. The highest BCUT2D eigenvalue weighted by Gasteiger charge is 2.25. The largest absolute Gasteiger partial charge is 0.445 e. The summed E-state index contributed by atoms with van der Waals surface area (Å²) in [5.41, 5.74) is 1.01. The van der Waals surface area contributed by atoms with Crippen LogP contribution in [-0.2, 0) is 11.3 Å². The Labute approximate surface area is 120 Å². The van der Waals surface area contributed by atoms with Crippen molar-refractivity contribution in [1.29, 1.82) is 0 Å².